The van der Waals surface area contributed by atoms with E-state index in [9.17, 15) is 0 Å². The third-order valence-corrected chi connectivity index (χ3v) is 6.78. The number of allylic oxidation sites excluding steroid dienone is 6. The van der Waals surface area contributed by atoms with Crippen LogP contribution in [0.1, 0.15) is 23.4 Å². The van der Waals surface area contributed by atoms with E-state index in [2.05, 4.69) is 61.5 Å². The van der Waals surface area contributed by atoms with Crippen molar-refractivity contribution in [2.75, 3.05) is 5.73 Å². The molecule has 0 saturated heterocycles. The largest absolute Gasteiger partial charge is 0.487 e. The summed E-state index contributed by atoms with van der Waals surface area (Å²) in [5, 5.41) is 2.22. The van der Waals surface area contributed by atoms with Gasteiger partial charge in [-0.25, -0.2) is 15.0 Å². The Balaban J connectivity index is 1.54. The number of nitrogen functional groups attached to an aromatic ring is 1. The van der Waals surface area contributed by atoms with E-state index in [1.807, 2.05) is 60.7 Å². The van der Waals surface area contributed by atoms with Crippen LogP contribution >= 0.6 is 0 Å². The zero-order valence-electron chi connectivity index (χ0n) is 21.7. The molecule has 1 aliphatic carbocycles. The third kappa shape index (κ3) is 5.20. The van der Waals surface area contributed by atoms with Crippen molar-refractivity contribution in [1.29, 1.82) is 0 Å². The Bertz CT molecular complexity index is 1770. The summed E-state index contributed by atoms with van der Waals surface area (Å²) >= 11 is 0. The SMILES string of the molecule is Cc1ccccc1-c1nc(C2=CC=CCC=C2)nc(-c2cc3ccccc3cc2COc2ccccc2N)n1. The van der Waals surface area contributed by atoms with Gasteiger partial charge in [-0.3, -0.25) is 0 Å². The maximum atomic E-state index is 6.20. The number of para-hydroxylation sites is 2. The molecule has 5 nitrogen and oxygen atoms in total. The molecule has 2 N–H and O–H groups in total. The first-order valence-electron chi connectivity index (χ1n) is 13.0. The molecular formula is C34H28N4O. The lowest BCUT2D eigenvalue weighted by atomic mass is 10.00. The Morgan fingerprint density at radius 1 is 0.744 bits per heavy atom. The van der Waals surface area contributed by atoms with Crippen molar-refractivity contribution in [3.05, 3.63) is 132 Å². The Morgan fingerprint density at radius 2 is 1.44 bits per heavy atom. The summed E-state index contributed by atoms with van der Waals surface area (Å²) in [6.07, 6.45) is 11.3. The number of aromatic nitrogens is 3. The van der Waals surface area contributed by atoms with Gasteiger partial charge in [0.05, 0.1) is 5.69 Å². The molecule has 0 bridgehead atoms. The molecule has 0 unspecified atom stereocenters. The molecule has 4 aromatic carbocycles. The number of hydrogen-bond acceptors (Lipinski definition) is 5. The Kier molecular flexibility index (Phi) is 6.71. The van der Waals surface area contributed by atoms with E-state index in [0.717, 1.165) is 45.0 Å². The molecule has 0 aliphatic heterocycles. The van der Waals surface area contributed by atoms with Crippen LogP contribution in [-0.4, -0.2) is 15.0 Å². The van der Waals surface area contributed by atoms with E-state index in [1.165, 1.54) is 0 Å². The summed E-state index contributed by atoms with van der Waals surface area (Å²) in [7, 11) is 0. The van der Waals surface area contributed by atoms with Crippen LogP contribution < -0.4 is 10.5 Å². The van der Waals surface area contributed by atoms with E-state index in [-0.39, 0.29) is 0 Å². The van der Waals surface area contributed by atoms with Crippen LogP contribution in [0, 0.1) is 6.92 Å². The van der Waals surface area contributed by atoms with Crippen molar-refractivity contribution in [3.8, 4) is 28.5 Å². The van der Waals surface area contributed by atoms with Gasteiger partial charge in [-0.15, -0.1) is 0 Å². The quantitative estimate of drug-likeness (QED) is 0.238. The van der Waals surface area contributed by atoms with Gasteiger partial charge < -0.3 is 10.5 Å². The topological polar surface area (TPSA) is 73.9 Å². The molecule has 1 aromatic heterocycles. The highest BCUT2D eigenvalue weighted by Gasteiger charge is 2.17. The molecule has 0 radical (unpaired) electrons. The number of anilines is 1. The first-order chi connectivity index (χ1) is 19.2. The van der Waals surface area contributed by atoms with Gasteiger partial charge in [0.1, 0.15) is 12.4 Å². The fourth-order valence-corrected chi connectivity index (χ4v) is 4.68. The molecule has 1 heterocycles. The lowest BCUT2D eigenvalue weighted by molar-refractivity contribution is 0.308. The van der Waals surface area contributed by atoms with Crippen molar-refractivity contribution in [2.24, 2.45) is 0 Å². The molecule has 0 spiro atoms. The van der Waals surface area contributed by atoms with E-state index < -0.39 is 0 Å². The minimum absolute atomic E-state index is 0.320. The number of benzene rings is 4. The van der Waals surface area contributed by atoms with E-state index in [0.29, 0.717) is 35.5 Å². The molecule has 0 atom stereocenters. The lowest BCUT2D eigenvalue weighted by Gasteiger charge is -2.15. The molecule has 5 aromatic rings. The van der Waals surface area contributed by atoms with Crippen molar-refractivity contribution in [3.63, 3.8) is 0 Å². The Labute approximate surface area is 228 Å². The second kappa shape index (κ2) is 10.8. The number of nitrogens with zero attached hydrogens (tertiary/aromatic N) is 3. The Morgan fingerprint density at radius 3 is 2.26 bits per heavy atom. The fraction of sp³-hybridized carbons (Fsp3) is 0.0882. The molecule has 0 saturated carbocycles. The average Bonchev–Trinajstić information content (AvgIpc) is 3.26. The number of rotatable bonds is 6. The average molecular weight is 509 g/mol. The number of ether oxygens (including phenoxy) is 1. The van der Waals surface area contributed by atoms with E-state index in [4.69, 9.17) is 25.4 Å². The monoisotopic (exact) mass is 508 g/mol. The van der Waals surface area contributed by atoms with E-state index in [1.54, 1.807) is 0 Å². The number of aryl methyl sites for hydroxylation is 1. The lowest BCUT2D eigenvalue weighted by Crippen LogP contribution is -2.06. The summed E-state index contributed by atoms with van der Waals surface area (Å²) in [5.74, 6) is 2.52. The van der Waals surface area contributed by atoms with Crippen LogP contribution in [0.3, 0.4) is 0 Å². The van der Waals surface area contributed by atoms with Crippen molar-refractivity contribution >= 4 is 22.0 Å². The molecule has 1 aliphatic rings. The second-order valence-corrected chi connectivity index (χ2v) is 9.49. The van der Waals surface area contributed by atoms with Gasteiger partial charge >= 0.3 is 0 Å². The summed E-state index contributed by atoms with van der Waals surface area (Å²) < 4.78 is 6.20. The molecular weight excluding hydrogens is 480 g/mol. The van der Waals surface area contributed by atoms with Gasteiger partial charge in [0.2, 0.25) is 0 Å². The molecule has 190 valence electrons. The molecule has 6 rings (SSSR count). The standard InChI is InChI=1S/C34H28N4O/c1-23-12-6-9-17-28(23)33-36-32(24-13-4-2-3-5-14-24)37-34(38-33)29-21-26-16-8-7-15-25(26)20-27(29)22-39-31-19-11-10-18-30(31)35/h2,4-21H,3,22,35H2,1H3. The van der Waals surface area contributed by atoms with Crippen LogP contribution in [0.25, 0.3) is 39.1 Å². The van der Waals surface area contributed by atoms with Gasteiger partial charge in [-0.05, 0) is 53.9 Å². The zero-order chi connectivity index (χ0) is 26.6. The molecule has 0 amide bonds. The fourth-order valence-electron chi connectivity index (χ4n) is 4.68. The first-order valence-corrected chi connectivity index (χ1v) is 13.0. The summed E-state index contributed by atoms with van der Waals surface area (Å²) in [6.45, 7) is 2.39. The third-order valence-electron chi connectivity index (χ3n) is 6.78. The predicted molar refractivity (Wildman–Crippen MR) is 159 cm³/mol. The molecule has 39 heavy (non-hydrogen) atoms. The maximum Gasteiger partial charge on any atom is 0.164 e. The van der Waals surface area contributed by atoms with Crippen molar-refractivity contribution in [1.82, 2.24) is 15.0 Å². The highest BCUT2D eigenvalue weighted by atomic mass is 16.5. The molecule has 0 fully saturated rings. The number of hydrogen-bond donors (Lipinski definition) is 1. The smallest absolute Gasteiger partial charge is 0.164 e. The minimum Gasteiger partial charge on any atom is -0.487 e. The van der Waals surface area contributed by atoms with Crippen molar-refractivity contribution in [2.45, 2.75) is 20.0 Å². The van der Waals surface area contributed by atoms with Crippen LogP contribution in [0.4, 0.5) is 5.69 Å². The summed E-state index contributed by atoms with van der Waals surface area (Å²) in [6, 6.07) is 28.3. The minimum atomic E-state index is 0.320. The predicted octanol–water partition coefficient (Wildman–Crippen LogP) is 7.73. The van der Waals surface area contributed by atoms with Gasteiger partial charge in [0, 0.05) is 22.3 Å². The van der Waals surface area contributed by atoms with Gasteiger partial charge in [-0.2, -0.15) is 0 Å². The number of nitrogens with two attached hydrogens (primary N) is 1. The molecule has 5 heteroatoms. The normalized spacial score (nSPS) is 12.8. The number of fused-ring (bicyclic) bond motifs is 1. The van der Waals surface area contributed by atoms with Crippen LogP contribution in [-0.2, 0) is 6.61 Å². The van der Waals surface area contributed by atoms with Gasteiger partial charge in [0.25, 0.3) is 0 Å². The van der Waals surface area contributed by atoms with Gasteiger partial charge in [-0.1, -0.05) is 91.0 Å². The van der Waals surface area contributed by atoms with Gasteiger partial charge in [0.15, 0.2) is 17.5 Å². The summed E-state index contributed by atoms with van der Waals surface area (Å²) in [5.41, 5.74) is 11.7. The maximum absolute atomic E-state index is 6.20. The van der Waals surface area contributed by atoms with E-state index >= 15 is 0 Å². The second-order valence-electron chi connectivity index (χ2n) is 9.49. The Hall–Kier alpha value is -5.03. The highest BCUT2D eigenvalue weighted by molar-refractivity contribution is 5.88. The van der Waals surface area contributed by atoms with Crippen molar-refractivity contribution < 1.29 is 4.74 Å². The van der Waals surface area contributed by atoms with Crippen LogP contribution in [0.2, 0.25) is 0 Å². The van der Waals surface area contributed by atoms with Crippen LogP contribution in [0.15, 0.2) is 115 Å². The first kappa shape index (κ1) is 24.3. The highest BCUT2D eigenvalue weighted by Crippen LogP contribution is 2.32. The summed E-state index contributed by atoms with van der Waals surface area (Å²) in [4.78, 5) is 15.0. The van der Waals surface area contributed by atoms with Crippen LogP contribution in [0.5, 0.6) is 5.75 Å². The zero-order valence-corrected chi connectivity index (χ0v) is 21.7.